The Morgan fingerprint density at radius 2 is 1.76 bits per heavy atom. The number of hydrogen-bond donors (Lipinski definition) is 1. The van der Waals surface area contributed by atoms with Crippen LogP contribution < -0.4 is 5.01 Å². The minimum absolute atomic E-state index is 0.0416. The number of hydrazone groups is 1. The molecule has 158 valence electrons. The van der Waals surface area contributed by atoms with Gasteiger partial charge in [-0.3, -0.25) is 0 Å². The van der Waals surface area contributed by atoms with Gasteiger partial charge in [-0.1, -0.05) is 26.8 Å². The molecule has 3 rings (SSSR count). The van der Waals surface area contributed by atoms with Crippen molar-refractivity contribution in [2.75, 3.05) is 5.01 Å². The molecule has 5 nitrogen and oxygen atoms in total. The summed E-state index contributed by atoms with van der Waals surface area (Å²) in [5.74, 6) is -0.984. The molecule has 0 spiro atoms. The average Bonchev–Trinajstić information content (AvgIpc) is 3.20. The van der Waals surface area contributed by atoms with Crippen molar-refractivity contribution >= 4 is 23.0 Å². The number of thiophene rings is 1. The second-order valence-corrected chi connectivity index (χ2v) is 8.46. The maximum absolute atomic E-state index is 13.7. The predicted octanol–water partition coefficient (Wildman–Crippen LogP) is 5.09. The summed E-state index contributed by atoms with van der Waals surface area (Å²) in [6, 6.07) is 3.68. The number of aromatic nitrogens is 2. The summed E-state index contributed by atoms with van der Waals surface area (Å²) in [5.41, 5.74) is -6.13. The van der Waals surface area contributed by atoms with Gasteiger partial charge in [0.25, 0.3) is 5.72 Å². The zero-order chi connectivity index (χ0) is 21.8. The van der Waals surface area contributed by atoms with Gasteiger partial charge in [-0.25, -0.2) is 9.97 Å². The van der Waals surface area contributed by atoms with Crippen LogP contribution in [0.25, 0.3) is 10.6 Å². The van der Waals surface area contributed by atoms with Crippen molar-refractivity contribution in [3.8, 4) is 10.6 Å². The minimum atomic E-state index is -5.22. The third kappa shape index (κ3) is 3.95. The zero-order valence-electron chi connectivity index (χ0n) is 15.4. The normalized spacial score (nSPS) is 20.9. The molecule has 0 saturated heterocycles. The molecule has 2 aromatic heterocycles. The Hall–Kier alpha value is -2.21. The molecule has 1 unspecified atom stereocenters. The van der Waals surface area contributed by atoms with Gasteiger partial charge in [-0.15, -0.1) is 11.3 Å². The highest BCUT2D eigenvalue weighted by atomic mass is 32.1. The SMILES string of the molecule is CC(C)(C)C1=NN(c2nc(-c3cccs3)cc(C(F)(F)F)n2)C(O)(C(F)(F)F)C1. The summed E-state index contributed by atoms with van der Waals surface area (Å²) in [6.45, 7) is 4.74. The lowest BCUT2D eigenvalue weighted by molar-refractivity contribution is -0.254. The number of alkyl halides is 6. The van der Waals surface area contributed by atoms with Crippen molar-refractivity contribution in [1.29, 1.82) is 0 Å². The molecule has 0 fully saturated rings. The van der Waals surface area contributed by atoms with Crippen molar-refractivity contribution in [2.45, 2.75) is 45.3 Å². The van der Waals surface area contributed by atoms with Gasteiger partial charge in [0.1, 0.15) is 0 Å². The van der Waals surface area contributed by atoms with E-state index in [4.69, 9.17) is 0 Å². The van der Waals surface area contributed by atoms with E-state index in [0.29, 0.717) is 10.9 Å². The predicted molar refractivity (Wildman–Crippen MR) is 95.3 cm³/mol. The number of nitrogens with zero attached hydrogens (tertiary/aromatic N) is 4. The van der Waals surface area contributed by atoms with Crippen molar-refractivity contribution in [2.24, 2.45) is 10.5 Å². The zero-order valence-corrected chi connectivity index (χ0v) is 16.2. The molecule has 0 saturated carbocycles. The Morgan fingerprint density at radius 1 is 1.10 bits per heavy atom. The molecule has 1 N–H and O–H groups in total. The van der Waals surface area contributed by atoms with E-state index in [1.807, 2.05) is 0 Å². The van der Waals surface area contributed by atoms with Crippen molar-refractivity contribution < 1.29 is 31.4 Å². The molecule has 0 amide bonds. The number of hydrogen-bond acceptors (Lipinski definition) is 6. The van der Waals surface area contributed by atoms with Gasteiger partial charge in [0, 0.05) is 17.5 Å². The van der Waals surface area contributed by atoms with E-state index >= 15 is 0 Å². The first-order valence-electron chi connectivity index (χ1n) is 8.30. The van der Waals surface area contributed by atoms with Crippen LogP contribution in [0.4, 0.5) is 32.3 Å². The molecule has 0 aliphatic carbocycles. The van der Waals surface area contributed by atoms with Gasteiger partial charge < -0.3 is 5.11 Å². The molecule has 2 aromatic rings. The van der Waals surface area contributed by atoms with Crippen molar-refractivity contribution in [3.63, 3.8) is 0 Å². The lowest BCUT2D eigenvalue weighted by Gasteiger charge is -2.33. The Bertz CT molecular complexity index is 933. The van der Waals surface area contributed by atoms with Gasteiger partial charge in [0.05, 0.1) is 10.6 Å². The second-order valence-electron chi connectivity index (χ2n) is 7.51. The van der Waals surface area contributed by atoms with Crippen molar-refractivity contribution in [1.82, 2.24) is 9.97 Å². The van der Waals surface area contributed by atoms with Crippen LogP contribution in [0.5, 0.6) is 0 Å². The monoisotopic (exact) mass is 438 g/mol. The quantitative estimate of drug-likeness (QED) is 0.664. The van der Waals surface area contributed by atoms with Gasteiger partial charge in [-0.05, 0) is 17.5 Å². The largest absolute Gasteiger partial charge is 0.438 e. The minimum Gasteiger partial charge on any atom is -0.362 e. The molecular formula is C17H16F6N4OS. The Balaban J connectivity index is 2.23. The van der Waals surface area contributed by atoms with E-state index in [9.17, 15) is 31.4 Å². The molecule has 0 bridgehead atoms. The van der Waals surface area contributed by atoms with Crippen LogP contribution in [0.3, 0.4) is 0 Å². The topological polar surface area (TPSA) is 61.6 Å². The Kier molecular flexibility index (Phi) is 4.94. The standard InChI is InChI=1S/C17H16F6N4OS/c1-14(2,3)12-8-15(28,17(21,22)23)27(26-12)13-24-9(10-5-4-6-29-10)7-11(25-13)16(18,19)20/h4-7,28H,8H2,1-3H3. The first-order chi connectivity index (χ1) is 13.1. The number of rotatable bonds is 2. The molecule has 0 aromatic carbocycles. The van der Waals surface area contributed by atoms with Crippen LogP contribution in [-0.4, -0.2) is 32.7 Å². The maximum atomic E-state index is 13.7. The second kappa shape index (κ2) is 6.66. The van der Waals surface area contributed by atoms with Crippen molar-refractivity contribution in [3.05, 3.63) is 29.3 Å². The molecule has 0 radical (unpaired) electrons. The highest BCUT2D eigenvalue weighted by molar-refractivity contribution is 7.13. The maximum Gasteiger partial charge on any atom is 0.438 e. The van der Waals surface area contributed by atoms with Gasteiger partial charge >= 0.3 is 12.4 Å². The Labute approximate surface area is 165 Å². The summed E-state index contributed by atoms with van der Waals surface area (Å²) in [5, 5.41) is 15.8. The smallest absolute Gasteiger partial charge is 0.362 e. The van der Waals surface area contributed by atoms with Crippen LogP contribution in [0.15, 0.2) is 28.7 Å². The summed E-state index contributed by atoms with van der Waals surface area (Å²) in [6.07, 6.45) is -11.1. The van der Waals surface area contributed by atoms with Crippen LogP contribution in [0.2, 0.25) is 0 Å². The lowest BCUT2D eigenvalue weighted by Crippen LogP contribution is -2.55. The van der Waals surface area contributed by atoms with E-state index in [1.54, 1.807) is 32.2 Å². The third-order valence-electron chi connectivity index (χ3n) is 4.27. The molecule has 12 heteroatoms. The summed E-state index contributed by atoms with van der Waals surface area (Å²) in [4.78, 5) is 7.40. The van der Waals surface area contributed by atoms with E-state index in [-0.39, 0.29) is 16.4 Å². The number of anilines is 1. The van der Waals surface area contributed by atoms with Gasteiger partial charge in [0.15, 0.2) is 5.69 Å². The summed E-state index contributed by atoms with van der Waals surface area (Å²) in [7, 11) is 0. The average molecular weight is 438 g/mol. The van der Waals surface area contributed by atoms with Crippen LogP contribution in [-0.2, 0) is 6.18 Å². The molecule has 1 aliphatic heterocycles. The highest BCUT2D eigenvalue weighted by Gasteiger charge is 2.63. The molecule has 1 atom stereocenters. The molecule has 29 heavy (non-hydrogen) atoms. The highest BCUT2D eigenvalue weighted by Crippen LogP contribution is 2.45. The van der Waals surface area contributed by atoms with Gasteiger partial charge in [0.2, 0.25) is 5.95 Å². The van der Waals surface area contributed by atoms with E-state index < -0.39 is 41.6 Å². The lowest BCUT2D eigenvalue weighted by atomic mass is 9.86. The number of aliphatic hydroxyl groups is 1. The fourth-order valence-electron chi connectivity index (χ4n) is 2.62. The van der Waals surface area contributed by atoms with E-state index in [2.05, 4.69) is 15.1 Å². The van der Waals surface area contributed by atoms with Crippen LogP contribution in [0, 0.1) is 5.41 Å². The summed E-state index contributed by atoms with van der Waals surface area (Å²) < 4.78 is 81.2. The Morgan fingerprint density at radius 3 is 2.24 bits per heavy atom. The van der Waals surface area contributed by atoms with Crippen LogP contribution in [0.1, 0.15) is 32.9 Å². The fourth-order valence-corrected chi connectivity index (χ4v) is 3.30. The molecular weight excluding hydrogens is 422 g/mol. The number of halogens is 6. The first-order valence-corrected chi connectivity index (χ1v) is 9.18. The molecule has 3 heterocycles. The summed E-state index contributed by atoms with van der Waals surface area (Å²) >= 11 is 1.06. The third-order valence-corrected chi connectivity index (χ3v) is 5.17. The van der Waals surface area contributed by atoms with E-state index in [0.717, 1.165) is 11.3 Å². The first kappa shape index (κ1) is 21.5. The van der Waals surface area contributed by atoms with Gasteiger partial charge in [-0.2, -0.15) is 36.5 Å². The van der Waals surface area contributed by atoms with Crippen LogP contribution >= 0.6 is 11.3 Å². The van der Waals surface area contributed by atoms with E-state index in [1.165, 1.54) is 6.07 Å². The fraction of sp³-hybridized carbons (Fsp3) is 0.471. The molecule has 1 aliphatic rings.